The molecule has 24 heavy (non-hydrogen) atoms. The van der Waals surface area contributed by atoms with Crippen LogP contribution in [0.5, 0.6) is 0 Å². The molecular weight excluding hydrogens is 340 g/mol. The molecule has 0 aliphatic carbocycles. The average Bonchev–Trinajstić information content (AvgIpc) is 3.13. The lowest BCUT2D eigenvalue weighted by Gasteiger charge is -2.23. The van der Waals surface area contributed by atoms with Crippen LogP contribution in [0.3, 0.4) is 0 Å². The van der Waals surface area contributed by atoms with Crippen molar-refractivity contribution in [2.75, 3.05) is 6.54 Å². The molecule has 0 aliphatic heterocycles. The van der Waals surface area contributed by atoms with Crippen LogP contribution in [-0.2, 0) is 13.0 Å². The smallest absolute Gasteiger partial charge is 0.255 e. The van der Waals surface area contributed by atoms with E-state index in [4.69, 9.17) is 11.6 Å². The molecule has 2 aromatic heterocycles. The van der Waals surface area contributed by atoms with Gasteiger partial charge in [0, 0.05) is 30.4 Å². The van der Waals surface area contributed by atoms with Gasteiger partial charge in [-0.1, -0.05) is 35.9 Å². The van der Waals surface area contributed by atoms with Gasteiger partial charge < -0.3 is 4.90 Å². The number of pyridine rings is 1. The van der Waals surface area contributed by atoms with Crippen molar-refractivity contribution < 1.29 is 4.79 Å². The van der Waals surface area contributed by atoms with Crippen LogP contribution in [0.2, 0.25) is 5.02 Å². The Morgan fingerprint density at radius 2 is 2.00 bits per heavy atom. The molecule has 5 heteroatoms. The molecule has 0 saturated heterocycles. The van der Waals surface area contributed by atoms with E-state index in [0.717, 1.165) is 12.0 Å². The fourth-order valence-corrected chi connectivity index (χ4v) is 3.38. The van der Waals surface area contributed by atoms with Gasteiger partial charge in [-0.25, -0.2) is 0 Å². The van der Waals surface area contributed by atoms with E-state index in [-0.39, 0.29) is 5.91 Å². The molecule has 3 aromatic rings. The van der Waals surface area contributed by atoms with Gasteiger partial charge in [0.1, 0.15) is 0 Å². The summed E-state index contributed by atoms with van der Waals surface area (Å²) < 4.78 is 0. The molecule has 0 bridgehead atoms. The van der Waals surface area contributed by atoms with E-state index in [1.807, 2.05) is 35.2 Å². The second kappa shape index (κ2) is 8.08. The van der Waals surface area contributed by atoms with Crippen LogP contribution in [0.4, 0.5) is 0 Å². The normalized spacial score (nSPS) is 10.5. The molecule has 122 valence electrons. The highest BCUT2D eigenvalue weighted by Crippen LogP contribution is 2.19. The summed E-state index contributed by atoms with van der Waals surface area (Å²) in [7, 11) is 0. The third-order valence-corrected chi connectivity index (χ3v) is 4.96. The van der Waals surface area contributed by atoms with Gasteiger partial charge in [-0.2, -0.15) is 0 Å². The van der Waals surface area contributed by atoms with Gasteiger partial charge in [-0.15, -0.1) is 11.3 Å². The number of thiophene rings is 1. The molecule has 1 aromatic carbocycles. The van der Waals surface area contributed by atoms with Crippen LogP contribution >= 0.6 is 22.9 Å². The first-order chi connectivity index (χ1) is 11.7. The molecule has 3 nitrogen and oxygen atoms in total. The first-order valence-corrected chi connectivity index (χ1v) is 8.95. The highest BCUT2D eigenvalue weighted by atomic mass is 35.5. The van der Waals surface area contributed by atoms with Gasteiger partial charge in [-0.05, 0) is 41.6 Å². The van der Waals surface area contributed by atoms with Crippen LogP contribution in [0, 0.1) is 0 Å². The molecule has 0 fully saturated rings. The lowest BCUT2D eigenvalue weighted by molar-refractivity contribution is 0.0745. The molecule has 0 unspecified atom stereocenters. The molecule has 0 atom stereocenters. The Morgan fingerprint density at radius 3 is 2.71 bits per heavy atom. The van der Waals surface area contributed by atoms with Crippen LogP contribution < -0.4 is 0 Å². The number of halogens is 1. The van der Waals surface area contributed by atoms with E-state index < -0.39 is 0 Å². The predicted octanol–water partition coefficient (Wildman–Crippen LogP) is 4.68. The summed E-state index contributed by atoms with van der Waals surface area (Å²) in [5.41, 5.74) is 1.54. The summed E-state index contributed by atoms with van der Waals surface area (Å²) in [5.74, 6) is -0.0546. The van der Waals surface area contributed by atoms with Gasteiger partial charge in [0.05, 0.1) is 10.6 Å². The van der Waals surface area contributed by atoms with Crippen molar-refractivity contribution in [2.45, 2.75) is 13.0 Å². The molecule has 0 spiro atoms. The number of benzene rings is 1. The third kappa shape index (κ3) is 4.22. The van der Waals surface area contributed by atoms with Crippen molar-refractivity contribution in [3.63, 3.8) is 0 Å². The lowest BCUT2D eigenvalue weighted by Crippen LogP contribution is -2.32. The minimum atomic E-state index is -0.0546. The Balaban J connectivity index is 1.80. The minimum absolute atomic E-state index is 0.0546. The first-order valence-electron chi connectivity index (χ1n) is 7.69. The van der Waals surface area contributed by atoms with E-state index in [0.29, 0.717) is 23.7 Å². The summed E-state index contributed by atoms with van der Waals surface area (Å²) in [6.45, 7) is 1.16. The maximum atomic E-state index is 13.0. The zero-order valence-corrected chi connectivity index (χ0v) is 14.6. The summed E-state index contributed by atoms with van der Waals surface area (Å²) in [5, 5.41) is 2.53. The SMILES string of the molecule is O=C(c1ccccc1Cl)N(CCc1cccs1)Cc1cccnc1. The summed E-state index contributed by atoms with van der Waals surface area (Å²) in [6, 6.07) is 15.2. The predicted molar refractivity (Wildman–Crippen MR) is 98.5 cm³/mol. The van der Waals surface area contributed by atoms with Crippen molar-refractivity contribution >= 4 is 28.8 Å². The van der Waals surface area contributed by atoms with E-state index in [2.05, 4.69) is 16.4 Å². The molecular formula is C19H17ClN2OS. The lowest BCUT2D eigenvalue weighted by atomic mass is 10.1. The molecule has 0 aliphatic rings. The van der Waals surface area contributed by atoms with Crippen LogP contribution in [-0.4, -0.2) is 22.3 Å². The Bertz CT molecular complexity index is 790. The molecule has 0 saturated carbocycles. The number of amides is 1. The van der Waals surface area contributed by atoms with E-state index in [1.165, 1.54) is 4.88 Å². The number of aromatic nitrogens is 1. The second-order valence-corrected chi connectivity index (χ2v) is 6.84. The topological polar surface area (TPSA) is 33.2 Å². The van der Waals surface area contributed by atoms with E-state index in [9.17, 15) is 4.79 Å². The van der Waals surface area contributed by atoms with Gasteiger partial charge in [0.25, 0.3) is 5.91 Å². The van der Waals surface area contributed by atoms with Crippen LogP contribution in [0.15, 0.2) is 66.3 Å². The minimum Gasteiger partial charge on any atom is -0.334 e. The van der Waals surface area contributed by atoms with Gasteiger partial charge >= 0.3 is 0 Å². The number of carbonyl (C=O) groups excluding carboxylic acids is 1. The molecule has 2 heterocycles. The summed E-state index contributed by atoms with van der Waals surface area (Å²) >= 11 is 7.91. The highest BCUT2D eigenvalue weighted by molar-refractivity contribution is 7.09. The number of nitrogens with zero attached hydrogens (tertiary/aromatic N) is 2. The van der Waals surface area contributed by atoms with Crippen molar-refractivity contribution in [2.24, 2.45) is 0 Å². The average molecular weight is 357 g/mol. The third-order valence-electron chi connectivity index (χ3n) is 3.70. The molecule has 1 amide bonds. The van der Waals surface area contributed by atoms with Crippen LogP contribution in [0.25, 0.3) is 0 Å². The number of carbonyl (C=O) groups is 1. The quantitative estimate of drug-likeness (QED) is 0.642. The maximum absolute atomic E-state index is 13.0. The van der Waals surface area contributed by atoms with Crippen molar-refractivity contribution in [3.8, 4) is 0 Å². The number of rotatable bonds is 6. The Morgan fingerprint density at radius 1 is 1.12 bits per heavy atom. The summed E-state index contributed by atoms with van der Waals surface area (Å²) in [6.07, 6.45) is 4.35. The van der Waals surface area contributed by atoms with Crippen molar-refractivity contribution in [1.29, 1.82) is 0 Å². The van der Waals surface area contributed by atoms with Gasteiger partial charge in [-0.3, -0.25) is 9.78 Å². The second-order valence-electron chi connectivity index (χ2n) is 5.40. The van der Waals surface area contributed by atoms with Gasteiger partial charge in [0.2, 0.25) is 0 Å². The van der Waals surface area contributed by atoms with Crippen molar-refractivity contribution in [1.82, 2.24) is 9.88 Å². The fraction of sp³-hybridized carbons (Fsp3) is 0.158. The highest BCUT2D eigenvalue weighted by Gasteiger charge is 2.18. The van der Waals surface area contributed by atoms with Crippen molar-refractivity contribution in [3.05, 3.63) is 87.3 Å². The number of hydrogen-bond donors (Lipinski definition) is 0. The molecule has 3 rings (SSSR count). The Hall–Kier alpha value is -2.17. The van der Waals surface area contributed by atoms with Crippen LogP contribution in [0.1, 0.15) is 20.8 Å². The Labute approximate surface area is 150 Å². The van der Waals surface area contributed by atoms with E-state index >= 15 is 0 Å². The maximum Gasteiger partial charge on any atom is 0.255 e. The number of hydrogen-bond acceptors (Lipinski definition) is 3. The Kier molecular flexibility index (Phi) is 5.62. The monoisotopic (exact) mass is 356 g/mol. The zero-order valence-electron chi connectivity index (χ0n) is 13.1. The zero-order chi connectivity index (χ0) is 16.8. The van der Waals surface area contributed by atoms with E-state index in [1.54, 1.807) is 35.9 Å². The fourth-order valence-electron chi connectivity index (χ4n) is 2.47. The summed E-state index contributed by atoms with van der Waals surface area (Å²) in [4.78, 5) is 20.2. The first kappa shape index (κ1) is 16.7. The van der Waals surface area contributed by atoms with Gasteiger partial charge in [0.15, 0.2) is 0 Å². The largest absolute Gasteiger partial charge is 0.334 e. The molecule has 0 radical (unpaired) electrons. The standard InChI is InChI=1S/C19H17ClN2OS/c20-18-8-2-1-7-17(18)19(23)22(11-9-16-6-4-12-24-16)14-15-5-3-10-21-13-15/h1-8,10,12-13H,9,11,14H2. The molecule has 0 N–H and O–H groups in total.